The summed E-state index contributed by atoms with van der Waals surface area (Å²) in [6.45, 7) is 0.983. The van der Waals surface area contributed by atoms with E-state index in [9.17, 15) is 19.5 Å². The second-order valence-electron chi connectivity index (χ2n) is 8.46. The number of aromatic nitrogens is 1. The number of nitrogens with two attached hydrogens (primary N) is 1. The number of aliphatic carboxylic acids is 1. The van der Waals surface area contributed by atoms with Crippen LogP contribution in [0.4, 0.5) is 0 Å². The first kappa shape index (κ1) is 25.9. The van der Waals surface area contributed by atoms with Crippen LogP contribution in [0.3, 0.4) is 0 Å². The lowest BCUT2D eigenvalue weighted by Crippen LogP contribution is -2.53. The van der Waals surface area contributed by atoms with E-state index in [2.05, 4.69) is 20.9 Å². The van der Waals surface area contributed by atoms with Gasteiger partial charge in [-0.15, -0.1) is 0 Å². The molecule has 3 aromatic rings. The van der Waals surface area contributed by atoms with Crippen LogP contribution in [0.25, 0.3) is 10.9 Å². The highest BCUT2D eigenvalue weighted by Gasteiger charge is 2.27. The first-order valence-corrected chi connectivity index (χ1v) is 11.8. The van der Waals surface area contributed by atoms with Crippen LogP contribution in [0.1, 0.15) is 30.4 Å². The molecule has 0 bridgehead atoms. The molecule has 3 rings (SSSR count). The quantitative estimate of drug-likeness (QED) is 0.194. The Labute approximate surface area is 204 Å². The third-order valence-electron chi connectivity index (χ3n) is 5.77. The largest absolute Gasteiger partial charge is 0.480 e. The number of fused-ring (bicyclic) bond motifs is 1. The summed E-state index contributed by atoms with van der Waals surface area (Å²) in [6.07, 6.45) is 3.54. The van der Waals surface area contributed by atoms with E-state index in [4.69, 9.17) is 5.73 Å². The SMILES string of the molecule is NCCCC[C@H](NC(=O)[C@H](Cc1c[nH]c2ccccc12)NC(=O)CNCc1ccccc1)C(=O)O. The fourth-order valence-electron chi connectivity index (χ4n) is 3.91. The van der Waals surface area contributed by atoms with Gasteiger partial charge in [-0.1, -0.05) is 48.5 Å². The number of hydrogen-bond acceptors (Lipinski definition) is 5. The fourth-order valence-corrected chi connectivity index (χ4v) is 3.91. The molecule has 9 nitrogen and oxygen atoms in total. The molecule has 1 aromatic heterocycles. The average molecular weight is 480 g/mol. The number of carbonyl (C=O) groups excluding carboxylic acids is 2. The summed E-state index contributed by atoms with van der Waals surface area (Å²) in [5.41, 5.74) is 8.31. The van der Waals surface area contributed by atoms with Gasteiger partial charge in [0.25, 0.3) is 0 Å². The smallest absolute Gasteiger partial charge is 0.326 e. The Morgan fingerprint density at radius 2 is 1.69 bits per heavy atom. The van der Waals surface area contributed by atoms with Crippen LogP contribution < -0.4 is 21.7 Å². The highest BCUT2D eigenvalue weighted by Crippen LogP contribution is 2.19. The molecular formula is C26H33N5O4. The van der Waals surface area contributed by atoms with Crippen LogP contribution in [0.2, 0.25) is 0 Å². The van der Waals surface area contributed by atoms with Crippen LogP contribution in [0, 0.1) is 0 Å². The predicted octanol–water partition coefficient (Wildman–Crippen LogP) is 1.68. The Morgan fingerprint density at radius 1 is 0.943 bits per heavy atom. The molecule has 2 aromatic carbocycles. The molecule has 0 fully saturated rings. The van der Waals surface area contributed by atoms with Crippen LogP contribution in [0.15, 0.2) is 60.8 Å². The second kappa shape index (κ2) is 13.3. The van der Waals surface area contributed by atoms with Gasteiger partial charge in [-0.3, -0.25) is 9.59 Å². The molecule has 0 spiro atoms. The maximum Gasteiger partial charge on any atom is 0.326 e. The molecule has 0 saturated heterocycles. The number of rotatable bonds is 14. The Balaban J connectivity index is 1.68. The zero-order valence-corrected chi connectivity index (χ0v) is 19.6. The van der Waals surface area contributed by atoms with Crippen molar-refractivity contribution in [2.45, 2.75) is 44.3 Å². The van der Waals surface area contributed by atoms with Crippen LogP contribution >= 0.6 is 0 Å². The molecule has 35 heavy (non-hydrogen) atoms. The minimum atomic E-state index is -1.11. The van der Waals surface area contributed by atoms with Crippen LogP contribution in [0.5, 0.6) is 0 Å². The minimum Gasteiger partial charge on any atom is -0.480 e. The Morgan fingerprint density at radius 3 is 2.43 bits per heavy atom. The topological polar surface area (TPSA) is 149 Å². The van der Waals surface area contributed by atoms with E-state index >= 15 is 0 Å². The highest BCUT2D eigenvalue weighted by atomic mass is 16.4. The molecule has 0 aliphatic carbocycles. The first-order chi connectivity index (χ1) is 17.0. The molecule has 0 aliphatic rings. The predicted molar refractivity (Wildman–Crippen MR) is 135 cm³/mol. The maximum absolute atomic E-state index is 13.1. The number of nitrogens with one attached hydrogen (secondary N) is 4. The van der Waals surface area contributed by atoms with E-state index in [1.165, 1.54) is 0 Å². The number of unbranched alkanes of at least 4 members (excludes halogenated alkanes) is 1. The molecule has 1 heterocycles. The number of carboxylic acid groups (broad SMARTS) is 1. The Hall–Kier alpha value is -3.69. The molecule has 0 radical (unpaired) electrons. The number of benzene rings is 2. The summed E-state index contributed by atoms with van der Waals surface area (Å²) in [4.78, 5) is 40.7. The summed E-state index contributed by atoms with van der Waals surface area (Å²) in [6, 6.07) is 15.4. The number of amides is 2. The molecule has 0 aliphatic heterocycles. The third-order valence-corrected chi connectivity index (χ3v) is 5.77. The van der Waals surface area contributed by atoms with Crippen molar-refractivity contribution in [1.82, 2.24) is 20.9 Å². The number of hydrogen-bond donors (Lipinski definition) is 6. The summed E-state index contributed by atoms with van der Waals surface area (Å²) >= 11 is 0. The lowest BCUT2D eigenvalue weighted by atomic mass is 10.0. The van der Waals surface area contributed by atoms with Crippen molar-refractivity contribution in [2.75, 3.05) is 13.1 Å². The van der Waals surface area contributed by atoms with Gasteiger partial charge in [-0.05, 0) is 43.0 Å². The van der Waals surface area contributed by atoms with Gasteiger partial charge in [-0.25, -0.2) is 4.79 Å². The van der Waals surface area contributed by atoms with Crippen molar-refractivity contribution in [3.8, 4) is 0 Å². The molecule has 186 valence electrons. The van der Waals surface area contributed by atoms with Gasteiger partial charge in [-0.2, -0.15) is 0 Å². The van der Waals surface area contributed by atoms with Gasteiger partial charge in [0, 0.05) is 30.1 Å². The zero-order valence-electron chi connectivity index (χ0n) is 19.6. The second-order valence-corrected chi connectivity index (χ2v) is 8.46. The van der Waals surface area contributed by atoms with E-state index in [0.717, 1.165) is 22.0 Å². The first-order valence-electron chi connectivity index (χ1n) is 11.8. The molecule has 2 atom stereocenters. The molecule has 2 amide bonds. The van der Waals surface area contributed by atoms with Crippen LogP contribution in [-0.4, -0.2) is 53.0 Å². The minimum absolute atomic E-state index is 0.0193. The van der Waals surface area contributed by atoms with E-state index in [1.54, 1.807) is 6.20 Å². The van der Waals surface area contributed by atoms with Gasteiger partial charge in [0.05, 0.1) is 6.54 Å². The summed E-state index contributed by atoms with van der Waals surface area (Å²) in [5, 5.41) is 19.0. The van der Waals surface area contributed by atoms with E-state index in [1.807, 2.05) is 54.6 Å². The zero-order chi connectivity index (χ0) is 25.0. The molecular weight excluding hydrogens is 446 g/mol. The lowest BCUT2D eigenvalue weighted by molar-refractivity contribution is -0.142. The lowest BCUT2D eigenvalue weighted by Gasteiger charge is -2.22. The number of carboxylic acids is 1. The Kier molecular flexibility index (Phi) is 9.82. The standard InChI is InChI=1S/C26H33N5O4/c27-13-7-6-12-22(26(34)35)31-25(33)23(14-19-16-29-21-11-5-4-10-20(19)21)30-24(32)17-28-15-18-8-2-1-3-9-18/h1-5,8-11,16,22-23,28-29H,6-7,12-15,17,27H2,(H,30,32)(H,31,33)(H,34,35)/t22-,23-/m0/s1. The summed E-state index contributed by atoms with van der Waals surface area (Å²) < 4.78 is 0. The normalized spacial score (nSPS) is 12.7. The number of aromatic amines is 1. The van der Waals surface area contributed by atoms with Crippen molar-refractivity contribution in [3.63, 3.8) is 0 Å². The van der Waals surface area contributed by atoms with Crippen molar-refractivity contribution in [2.24, 2.45) is 5.73 Å². The summed E-state index contributed by atoms with van der Waals surface area (Å²) in [5.74, 6) is -2.00. The Bertz CT molecular complexity index is 1120. The third kappa shape index (κ3) is 7.94. The van der Waals surface area contributed by atoms with Crippen molar-refractivity contribution >= 4 is 28.7 Å². The number of para-hydroxylation sites is 1. The monoisotopic (exact) mass is 479 g/mol. The molecule has 0 saturated carbocycles. The van der Waals surface area contributed by atoms with E-state index < -0.39 is 24.0 Å². The van der Waals surface area contributed by atoms with Crippen molar-refractivity contribution < 1.29 is 19.5 Å². The summed E-state index contributed by atoms with van der Waals surface area (Å²) in [7, 11) is 0. The van der Waals surface area contributed by atoms with Gasteiger partial charge in [0.15, 0.2) is 0 Å². The van der Waals surface area contributed by atoms with Crippen molar-refractivity contribution in [3.05, 3.63) is 71.9 Å². The fraction of sp³-hybridized carbons (Fsp3) is 0.346. The van der Waals surface area contributed by atoms with Gasteiger partial charge < -0.3 is 31.8 Å². The van der Waals surface area contributed by atoms with Gasteiger partial charge in [0.2, 0.25) is 11.8 Å². The average Bonchev–Trinajstić information content (AvgIpc) is 3.26. The molecule has 0 unspecified atom stereocenters. The number of carbonyl (C=O) groups is 3. The van der Waals surface area contributed by atoms with E-state index in [0.29, 0.717) is 25.9 Å². The van der Waals surface area contributed by atoms with Crippen molar-refractivity contribution in [1.29, 1.82) is 0 Å². The van der Waals surface area contributed by atoms with Gasteiger partial charge >= 0.3 is 5.97 Å². The van der Waals surface area contributed by atoms with E-state index in [-0.39, 0.29) is 25.3 Å². The molecule has 7 N–H and O–H groups in total. The molecule has 9 heteroatoms. The maximum atomic E-state index is 13.1. The highest BCUT2D eigenvalue weighted by molar-refractivity contribution is 5.92. The number of H-pyrrole nitrogens is 1. The van der Waals surface area contributed by atoms with Gasteiger partial charge in [0.1, 0.15) is 12.1 Å². The van der Waals surface area contributed by atoms with Crippen LogP contribution in [-0.2, 0) is 27.3 Å².